The lowest BCUT2D eigenvalue weighted by atomic mass is 10.2. The first-order chi connectivity index (χ1) is 10.3. The Balaban J connectivity index is 1.61. The van der Waals surface area contributed by atoms with Crippen molar-refractivity contribution in [2.75, 3.05) is 20.3 Å². The van der Waals surface area contributed by atoms with Crippen LogP contribution in [-0.2, 0) is 14.3 Å². The van der Waals surface area contributed by atoms with E-state index in [-0.39, 0.29) is 30.8 Å². The largest absolute Gasteiger partial charge is 0.380 e. The smallest absolute Gasteiger partial charge is 0.249 e. The van der Waals surface area contributed by atoms with Crippen LogP contribution in [0.25, 0.3) is 0 Å². The number of rotatable bonds is 5. The fourth-order valence-corrected chi connectivity index (χ4v) is 3.29. The minimum atomic E-state index is -0.0374. The summed E-state index contributed by atoms with van der Waals surface area (Å²) in [5.74, 6) is 0.853. The van der Waals surface area contributed by atoms with E-state index in [9.17, 15) is 4.79 Å². The van der Waals surface area contributed by atoms with Gasteiger partial charge in [0.25, 0.3) is 0 Å². The monoisotopic (exact) mass is 293 g/mol. The molecule has 6 heteroatoms. The van der Waals surface area contributed by atoms with Gasteiger partial charge in [-0.1, -0.05) is 12.8 Å². The first-order valence-corrected chi connectivity index (χ1v) is 7.71. The molecule has 1 aliphatic carbocycles. The van der Waals surface area contributed by atoms with Gasteiger partial charge in [0.05, 0.1) is 18.2 Å². The number of hydrogen-bond acceptors (Lipinski definition) is 4. The van der Waals surface area contributed by atoms with Crippen LogP contribution >= 0.6 is 0 Å². The average Bonchev–Trinajstić information content (AvgIpc) is 3.24. The van der Waals surface area contributed by atoms with Crippen molar-refractivity contribution >= 4 is 5.91 Å². The number of amides is 1. The van der Waals surface area contributed by atoms with Crippen molar-refractivity contribution in [3.8, 4) is 0 Å². The molecule has 1 aromatic heterocycles. The molecule has 2 atom stereocenters. The zero-order valence-electron chi connectivity index (χ0n) is 12.5. The number of nitrogens with one attached hydrogen (secondary N) is 1. The second-order valence-corrected chi connectivity index (χ2v) is 5.85. The standard InChI is InChI=1S/C15H23N3O3/c1-20-12-8-13(15-16-6-7-17-15)18(9-12)14(19)10-21-11-4-2-3-5-11/h6-7,11-13H,2-5,8-10H2,1H3,(H,16,17)/t12-,13?/m1/s1. The normalized spacial score (nSPS) is 26.6. The molecule has 0 aromatic carbocycles. The topological polar surface area (TPSA) is 67.5 Å². The zero-order valence-corrected chi connectivity index (χ0v) is 12.5. The molecule has 1 saturated carbocycles. The van der Waals surface area contributed by atoms with Crippen molar-refractivity contribution in [1.82, 2.24) is 14.9 Å². The second-order valence-electron chi connectivity index (χ2n) is 5.85. The third-order valence-electron chi connectivity index (χ3n) is 4.50. The van der Waals surface area contributed by atoms with Gasteiger partial charge in [-0.15, -0.1) is 0 Å². The van der Waals surface area contributed by atoms with E-state index in [2.05, 4.69) is 9.97 Å². The number of carbonyl (C=O) groups excluding carboxylic acids is 1. The summed E-state index contributed by atoms with van der Waals surface area (Å²) in [5, 5.41) is 0. The molecule has 1 amide bonds. The number of nitrogens with zero attached hydrogens (tertiary/aromatic N) is 2. The summed E-state index contributed by atoms with van der Waals surface area (Å²) in [6.45, 7) is 0.771. The first kappa shape index (κ1) is 14.5. The molecule has 0 spiro atoms. The summed E-state index contributed by atoms with van der Waals surface area (Å²) in [7, 11) is 1.69. The zero-order chi connectivity index (χ0) is 14.7. The molecular weight excluding hydrogens is 270 g/mol. The third kappa shape index (κ3) is 3.27. The summed E-state index contributed by atoms with van der Waals surface area (Å²) in [4.78, 5) is 21.7. The van der Waals surface area contributed by atoms with Gasteiger partial charge in [0.1, 0.15) is 12.4 Å². The SMILES string of the molecule is CO[C@@H]1CC(c2ncc[nH]2)N(C(=O)COC2CCCC2)C1. The maximum atomic E-state index is 12.5. The van der Waals surface area contributed by atoms with Crippen LogP contribution < -0.4 is 0 Å². The molecule has 2 heterocycles. The molecule has 1 unspecified atom stereocenters. The van der Waals surface area contributed by atoms with Crippen LogP contribution in [0, 0.1) is 0 Å². The van der Waals surface area contributed by atoms with Crippen LogP contribution in [0.5, 0.6) is 0 Å². The molecule has 1 aromatic rings. The Labute approximate surface area is 124 Å². The predicted molar refractivity (Wildman–Crippen MR) is 76.7 cm³/mol. The molecule has 3 rings (SSSR count). The van der Waals surface area contributed by atoms with Crippen LogP contribution in [0.1, 0.15) is 44.0 Å². The third-order valence-corrected chi connectivity index (χ3v) is 4.50. The minimum absolute atomic E-state index is 0.0304. The van der Waals surface area contributed by atoms with E-state index >= 15 is 0 Å². The maximum Gasteiger partial charge on any atom is 0.249 e. The number of H-pyrrole nitrogens is 1. The summed E-state index contributed by atoms with van der Waals surface area (Å²) in [6, 6.07) is -0.0374. The van der Waals surface area contributed by atoms with E-state index < -0.39 is 0 Å². The molecule has 2 aliphatic rings. The maximum absolute atomic E-state index is 12.5. The van der Waals surface area contributed by atoms with E-state index in [1.54, 1.807) is 19.5 Å². The Morgan fingerprint density at radius 1 is 1.43 bits per heavy atom. The summed E-state index contributed by atoms with van der Waals surface area (Å²) in [5.41, 5.74) is 0. The van der Waals surface area contributed by atoms with Gasteiger partial charge in [-0.3, -0.25) is 4.79 Å². The van der Waals surface area contributed by atoms with Crippen LogP contribution in [0.2, 0.25) is 0 Å². The lowest BCUT2D eigenvalue weighted by molar-refractivity contribution is -0.139. The number of carbonyl (C=O) groups is 1. The molecule has 1 N–H and O–H groups in total. The number of aromatic nitrogens is 2. The number of hydrogen-bond donors (Lipinski definition) is 1. The molecule has 1 saturated heterocycles. The lowest BCUT2D eigenvalue weighted by Crippen LogP contribution is -2.36. The van der Waals surface area contributed by atoms with Gasteiger partial charge in [-0.05, 0) is 12.8 Å². The van der Waals surface area contributed by atoms with Crippen LogP contribution in [0.15, 0.2) is 12.4 Å². The average molecular weight is 293 g/mol. The highest BCUT2D eigenvalue weighted by Gasteiger charge is 2.37. The Morgan fingerprint density at radius 3 is 2.90 bits per heavy atom. The van der Waals surface area contributed by atoms with Crippen LogP contribution in [-0.4, -0.2) is 53.2 Å². The molecule has 0 radical (unpaired) electrons. The predicted octanol–water partition coefficient (Wildman–Crippen LogP) is 1.66. The highest BCUT2D eigenvalue weighted by atomic mass is 16.5. The summed E-state index contributed by atoms with van der Waals surface area (Å²) >= 11 is 0. The van der Waals surface area contributed by atoms with E-state index in [0.717, 1.165) is 25.1 Å². The van der Waals surface area contributed by atoms with Crippen molar-refractivity contribution in [2.24, 2.45) is 0 Å². The molecule has 0 bridgehead atoms. The van der Waals surface area contributed by atoms with Crippen molar-refractivity contribution in [1.29, 1.82) is 0 Å². The fraction of sp³-hybridized carbons (Fsp3) is 0.733. The molecule has 2 fully saturated rings. The number of aromatic amines is 1. The number of methoxy groups -OCH3 is 1. The molecule has 6 nitrogen and oxygen atoms in total. The highest BCUT2D eigenvalue weighted by Crippen LogP contribution is 2.31. The van der Waals surface area contributed by atoms with Crippen molar-refractivity contribution in [3.05, 3.63) is 18.2 Å². The number of ether oxygens (including phenoxy) is 2. The van der Waals surface area contributed by atoms with E-state index in [1.807, 2.05) is 4.90 Å². The van der Waals surface area contributed by atoms with Gasteiger partial charge in [-0.2, -0.15) is 0 Å². The Hall–Kier alpha value is -1.40. The quantitative estimate of drug-likeness (QED) is 0.896. The van der Waals surface area contributed by atoms with Crippen molar-refractivity contribution in [2.45, 2.75) is 50.4 Å². The number of imidazole rings is 1. The fourth-order valence-electron chi connectivity index (χ4n) is 3.29. The van der Waals surface area contributed by atoms with Crippen molar-refractivity contribution in [3.63, 3.8) is 0 Å². The molecule has 1 aliphatic heterocycles. The van der Waals surface area contributed by atoms with E-state index in [0.29, 0.717) is 6.54 Å². The van der Waals surface area contributed by atoms with Gasteiger partial charge < -0.3 is 19.4 Å². The van der Waals surface area contributed by atoms with Gasteiger partial charge in [0, 0.05) is 32.5 Å². The second kappa shape index (κ2) is 6.58. The first-order valence-electron chi connectivity index (χ1n) is 7.71. The molecule has 116 valence electrons. The molecule has 21 heavy (non-hydrogen) atoms. The van der Waals surface area contributed by atoms with Crippen LogP contribution in [0.3, 0.4) is 0 Å². The van der Waals surface area contributed by atoms with Crippen molar-refractivity contribution < 1.29 is 14.3 Å². The molecular formula is C15H23N3O3. The van der Waals surface area contributed by atoms with Gasteiger partial charge >= 0.3 is 0 Å². The lowest BCUT2D eigenvalue weighted by Gasteiger charge is -2.23. The van der Waals surface area contributed by atoms with Crippen LogP contribution in [0.4, 0.5) is 0 Å². The Kier molecular flexibility index (Phi) is 4.55. The van der Waals surface area contributed by atoms with Gasteiger partial charge in [0.2, 0.25) is 5.91 Å². The van der Waals surface area contributed by atoms with Gasteiger partial charge in [-0.25, -0.2) is 4.98 Å². The van der Waals surface area contributed by atoms with E-state index in [4.69, 9.17) is 9.47 Å². The Bertz CT molecular complexity index is 457. The Morgan fingerprint density at radius 2 is 2.24 bits per heavy atom. The number of likely N-dealkylation sites (tertiary alicyclic amines) is 1. The van der Waals surface area contributed by atoms with Gasteiger partial charge in [0.15, 0.2) is 0 Å². The minimum Gasteiger partial charge on any atom is -0.380 e. The highest BCUT2D eigenvalue weighted by molar-refractivity contribution is 5.78. The van der Waals surface area contributed by atoms with E-state index in [1.165, 1.54) is 12.8 Å². The summed E-state index contributed by atoms with van der Waals surface area (Å²) < 4.78 is 11.2. The summed E-state index contributed by atoms with van der Waals surface area (Å²) in [6.07, 6.45) is 9.18.